The molecule has 5 heteroatoms. The number of carbonyl (C=O) groups excluding carboxylic acids is 1. The Bertz CT molecular complexity index is 373. The Kier molecular flexibility index (Phi) is 4.50. The fraction of sp³-hybridized carbons (Fsp3) is 0.636. The Balaban J connectivity index is 2.91. The number of Topliss-reactive ketones (excluding diaryl/α,β-unsaturated/α-hetero) is 1. The van der Waals surface area contributed by atoms with Gasteiger partial charge in [-0.1, -0.05) is 25.4 Å². The standard InChI is InChI=1S/C11H18ClN3O/c1-4-15-10(8(12)6-14-15)11(16)9(13)5-7(2)3/h6-7,9H,4-5,13H2,1-3H3. The number of aryl methyl sites for hydroxylation is 1. The van der Waals surface area contributed by atoms with Crippen molar-refractivity contribution in [3.8, 4) is 0 Å². The van der Waals surface area contributed by atoms with E-state index in [2.05, 4.69) is 5.10 Å². The quantitative estimate of drug-likeness (QED) is 0.806. The third kappa shape index (κ3) is 2.83. The first kappa shape index (κ1) is 13.2. The molecule has 1 aromatic rings. The molecule has 1 heterocycles. The summed E-state index contributed by atoms with van der Waals surface area (Å²) in [5.41, 5.74) is 6.28. The molecule has 1 rings (SSSR count). The number of nitrogens with zero attached hydrogens (tertiary/aromatic N) is 2. The molecule has 0 fully saturated rings. The summed E-state index contributed by atoms with van der Waals surface area (Å²) in [6.07, 6.45) is 2.14. The van der Waals surface area contributed by atoms with Gasteiger partial charge in [-0.3, -0.25) is 9.48 Å². The highest BCUT2D eigenvalue weighted by Gasteiger charge is 2.23. The van der Waals surface area contributed by atoms with E-state index in [1.54, 1.807) is 4.68 Å². The molecule has 0 aliphatic carbocycles. The molecule has 90 valence electrons. The molecular weight excluding hydrogens is 226 g/mol. The largest absolute Gasteiger partial charge is 0.321 e. The topological polar surface area (TPSA) is 60.9 Å². The molecule has 0 aromatic carbocycles. The lowest BCUT2D eigenvalue weighted by atomic mass is 9.99. The Morgan fingerprint density at radius 3 is 2.75 bits per heavy atom. The molecule has 0 saturated heterocycles. The lowest BCUT2D eigenvalue weighted by molar-refractivity contribution is 0.0940. The monoisotopic (exact) mass is 243 g/mol. The third-order valence-electron chi connectivity index (χ3n) is 2.39. The van der Waals surface area contributed by atoms with Crippen LogP contribution in [0.5, 0.6) is 0 Å². The SMILES string of the molecule is CCn1ncc(Cl)c1C(=O)C(N)CC(C)C. The molecule has 1 unspecified atom stereocenters. The van der Waals surface area contributed by atoms with E-state index in [0.29, 0.717) is 29.6 Å². The minimum absolute atomic E-state index is 0.127. The summed E-state index contributed by atoms with van der Waals surface area (Å²) in [5, 5.41) is 4.41. The molecular formula is C11H18ClN3O. The second-order valence-electron chi connectivity index (χ2n) is 4.26. The number of ketones is 1. The number of aromatic nitrogens is 2. The van der Waals surface area contributed by atoms with E-state index in [1.807, 2.05) is 20.8 Å². The minimum Gasteiger partial charge on any atom is -0.321 e. The van der Waals surface area contributed by atoms with Gasteiger partial charge in [0.15, 0.2) is 5.78 Å². The van der Waals surface area contributed by atoms with E-state index in [-0.39, 0.29) is 5.78 Å². The van der Waals surface area contributed by atoms with E-state index in [0.717, 1.165) is 0 Å². The van der Waals surface area contributed by atoms with Crippen LogP contribution in [-0.2, 0) is 6.54 Å². The predicted octanol–water partition coefficient (Wildman–Crippen LogP) is 2.11. The van der Waals surface area contributed by atoms with Crippen LogP contribution in [0.3, 0.4) is 0 Å². The van der Waals surface area contributed by atoms with Crippen LogP contribution in [0.4, 0.5) is 0 Å². The fourth-order valence-electron chi connectivity index (χ4n) is 1.64. The van der Waals surface area contributed by atoms with Gasteiger partial charge < -0.3 is 5.73 Å². The van der Waals surface area contributed by atoms with Crippen LogP contribution in [0.25, 0.3) is 0 Å². The number of rotatable bonds is 5. The smallest absolute Gasteiger partial charge is 0.199 e. The van der Waals surface area contributed by atoms with Crippen molar-refractivity contribution in [3.63, 3.8) is 0 Å². The van der Waals surface area contributed by atoms with Gasteiger partial charge in [-0.2, -0.15) is 5.10 Å². The highest BCUT2D eigenvalue weighted by atomic mass is 35.5. The molecule has 1 aromatic heterocycles. The van der Waals surface area contributed by atoms with Crippen LogP contribution in [-0.4, -0.2) is 21.6 Å². The average Bonchev–Trinajstić information content (AvgIpc) is 2.57. The molecule has 0 radical (unpaired) electrons. The average molecular weight is 244 g/mol. The van der Waals surface area contributed by atoms with Gasteiger partial charge in [-0.15, -0.1) is 0 Å². The van der Waals surface area contributed by atoms with Crippen molar-refractivity contribution in [3.05, 3.63) is 16.9 Å². The molecule has 0 spiro atoms. The minimum atomic E-state index is -0.500. The maximum atomic E-state index is 12.1. The zero-order valence-electron chi connectivity index (χ0n) is 9.90. The number of hydrogen-bond donors (Lipinski definition) is 1. The van der Waals surface area contributed by atoms with E-state index in [9.17, 15) is 4.79 Å². The molecule has 1 atom stereocenters. The zero-order chi connectivity index (χ0) is 12.3. The van der Waals surface area contributed by atoms with Crippen molar-refractivity contribution >= 4 is 17.4 Å². The summed E-state index contributed by atoms with van der Waals surface area (Å²) in [6.45, 7) is 6.59. The molecule has 0 aliphatic heterocycles. The second kappa shape index (κ2) is 5.46. The maximum Gasteiger partial charge on any atom is 0.199 e. The first-order valence-electron chi connectivity index (χ1n) is 5.48. The highest BCUT2D eigenvalue weighted by Crippen LogP contribution is 2.18. The summed E-state index contributed by atoms with van der Waals surface area (Å²) >= 11 is 5.94. The number of halogens is 1. The third-order valence-corrected chi connectivity index (χ3v) is 2.67. The van der Waals surface area contributed by atoms with Crippen LogP contribution in [0.2, 0.25) is 5.02 Å². The van der Waals surface area contributed by atoms with Gasteiger partial charge in [0.2, 0.25) is 0 Å². The van der Waals surface area contributed by atoms with E-state index < -0.39 is 6.04 Å². The summed E-state index contributed by atoms with van der Waals surface area (Å²) in [4.78, 5) is 12.1. The molecule has 0 aliphatic rings. The van der Waals surface area contributed by atoms with Crippen molar-refractivity contribution in [2.45, 2.75) is 39.8 Å². The van der Waals surface area contributed by atoms with Crippen LogP contribution >= 0.6 is 11.6 Å². The molecule has 0 bridgehead atoms. The van der Waals surface area contributed by atoms with Gasteiger partial charge in [-0.05, 0) is 19.3 Å². The van der Waals surface area contributed by atoms with Gasteiger partial charge >= 0.3 is 0 Å². The molecule has 16 heavy (non-hydrogen) atoms. The van der Waals surface area contributed by atoms with Gasteiger partial charge in [-0.25, -0.2) is 0 Å². The summed E-state index contributed by atoms with van der Waals surface area (Å²) in [6, 6.07) is -0.500. The lowest BCUT2D eigenvalue weighted by Gasteiger charge is -2.13. The van der Waals surface area contributed by atoms with Crippen molar-refractivity contribution in [2.24, 2.45) is 11.7 Å². The Hall–Kier alpha value is -0.870. The lowest BCUT2D eigenvalue weighted by Crippen LogP contribution is -2.33. The van der Waals surface area contributed by atoms with Crippen molar-refractivity contribution in [1.82, 2.24) is 9.78 Å². The van der Waals surface area contributed by atoms with Gasteiger partial charge in [0.1, 0.15) is 5.69 Å². The molecule has 2 N–H and O–H groups in total. The first-order chi connectivity index (χ1) is 7.47. The predicted molar refractivity (Wildman–Crippen MR) is 64.7 cm³/mol. The Morgan fingerprint density at radius 2 is 2.25 bits per heavy atom. The Morgan fingerprint density at radius 1 is 1.62 bits per heavy atom. The number of nitrogens with two attached hydrogens (primary N) is 1. The van der Waals surface area contributed by atoms with Crippen molar-refractivity contribution in [1.29, 1.82) is 0 Å². The molecule has 4 nitrogen and oxygen atoms in total. The fourth-order valence-corrected chi connectivity index (χ4v) is 1.87. The second-order valence-corrected chi connectivity index (χ2v) is 4.66. The first-order valence-corrected chi connectivity index (χ1v) is 5.86. The van der Waals surface area contributed by atoms with Crippen molar-refractivity contribution in [2.75, 3.05) is 0 Å². The van der Waals surface area contributed by atoms with Crippen LogP contribution < -0.4 is 5.73 Å². The van der Waals surface area contributed by atoms with E-state index in [4.69, 9.17) is 17.3 Å². The van der Waals surface area contributed by atoms with Crippen LogP contribution in [0.15, 0.2) is 6.20 Å². The van der Waals surface area contributed by atoms with Gasteiger partial charge in [0, 0.05) is 6.54 Å². The zero-order valence-corrected chi connectivity index (χ0v) is 10.7. The van der Waals surface area contributed by atoms with Crippen molar-refractivity contribution < 1.29 is 4.79 Å². The summed E-state index contributed by atoms with van der Waals surface area (Å²) < 4.78 is 1.59. The normalized spacial score (nSPS) is 13.1. The molecule has 0 saturated carbocycles. The Labute approximate surface area is 101 Å². The van der Waals surface area contributed by atoms with E-state index >= 15 is 0 Å². The van der Waals surface area contributed by atoms with E-state index in [1.165, 1.54) is 6.20 Å². The summed E-state index contributed by atoms with van der Waals surface area (Å²) in [7, 11) is 0. The number of hydrogen-bond acceptors (Lipinski definition) is 3. The summed E-state index contributed by atoms with van der Waals surface area (Å²) in [5.74, 6) is 0.258. The van der Waals surface area contributed by atoms with Gasteiger partial charge in [0.05, 0.1) is 17.3 Å². The molecule has 0 amide bonds. The maximum absolute atomic E-state index is 12.1. The highest BCUT2D eigenvalue weighted by molar-refractivity contribution is 6.33. The number of carbonyl (C=O) groups is 1. The van der Waals surface area contributed by atoms with Crippen LogP contribution in [0, 0.1) is 5.92 Å². The van der Waals surface area contributed by atoms with Crippen LogP contribution in [0.1, 0.15) is 37.7 Å². The van der Waals surface area contributed by atoms with Gasteiger partial charge in [0.25, 0.3) is 0 Å².